The summed E-state index contributed by atoms with van der Waals surface area (Å²) in [6, 6.07) is 0. The summed E-state index contributed by atoms with van der Waals surface area (Å²) in [5.41, 5.74) is 4.14. The smallest absolute Gasteiger partial charge is 0.352 e. The molecule has 0 saturated carbocycles. The fourth-order valence-electron chi connectivity index (χ4n) is 0.418. The minimum atomic E-state index is -0.299. The van der Waals surface area contributed by atoms with E-state index in [0.29, 0.717) is 12.1 Å². The number of allylic oxidation sites excluding steroid dienone is 1. The summed E-state index contributed by atoms with van der Waals surface area (Å²) in [6.07, 6.45) is 0. The first kappa shape index (κ1) is 14.0. The van der Waals surface area contributed by atoms with E-state index >= 15 is 0 Å². The highest BCUT2D eigenvalue weighted by Crippen LogP contribution is 2.02. The number of hydrogen-bond acceptors (Lipinski definition) is 3. The van der Waals surface area contributed by atoms with E-state index in [2.05, 4.69) is 10.3 Å². The molecule has 12 heavy (non-hydrogen) atoms. The third-order valence-corrected chi connectivity index (χ3v) is 1.37. The number of carbonyl (C=O) groups excluding carboxylic acids is 1. The lowest BCUT2D eigenvalue weighted by Crippen LogP contribution is -2.20. The fourth-order valence-corrected chi connectivity index (χ4v) is 0.418. The van der Waals surface area contributed by atoms with Crippen LogP contribution in [0.4, 0.5) is 0 Å². The summed E-state index contributed by atoms with van der Waals surface area (Å²) in [5, 5.41) is 0. The highest BCUT2D eigenvalue weighted by Gasteiger charge is 2.05. The zero-order chi connectivity index (χ0) is 8.85. The van der Waals surface area contributed by atoms with Gasteiger partial charge in [0.25, 0.3) is 0 Å². The highest BCUT2D eigenvalue weighted by atomic mass is 35.5. The largest absolute Gasteiger partial charge is 0.367 e. The van der Waals surface area contributed by atoms with E-state index in [1.54, 1.807) is 6.92 Å². The molecule has 4 heteroatoms. The Morgan fingerprint density at radius 1 is 1.33 bits per heavy atom. The second-order valence-corrected chi connectivity index (χ2v) is 2.51. The van der Waals surface area contributed by atoms with Crippen LogP contribution in [0.25, 0.3) is 0 Å². The molecule has 0 fully saturated rings. The fraction of sp³-hybridized carbons (Fsp3) is 0.625. The normalized spacial score (nSPS) is 8.33. The molecule has 0 aliphatic heterocycles. The van der Waals surface area contributed by atoms with Crippen LogP contribution in [-0.2, 0) is 9.63 Å². The van der Waals surface area contributed by atoms with E-state index in [1.807, 2.05) is 20.8 Å². The number of hydrogen-bond donors (Lipinski definition) is 1. The number of halogens is 1. The molecular weight excluding hydrogens is 178 g/mol. The molecule has 3 nitrogen and oxygen atoms in total. The summed E-state index contributed by atoms with van der Waals surface area (Å²) in [4.78, 5) is 15.7. The van der Waals surface area contributed by atoms with Gasteiger partial charge in [-0.25, -0.2) is 4.79 Å². The van der Waals surface area contributed by atoms with Crippen LogP contribution in [0.2, 0.25) is 0 Å². The molecule has 0 amide bonds. The maximum absolute atomic E-state index is 11.0. The summed E-state index contributed by atoms with van der Waals surface area (Å²) >= 11 is 0. The van der Waals surface area contributed by atoms with Crippen molar-refractivity contribution in [2.24, 2.45) is 0 Å². The average molecular weight is 194 g/mol. The highest BCUT2D eigenvalue weighted by molar-refractivity contribution is 5.88. The molecule has 0 spiro atoms. The molecular formula is C8H16ClNO2. The molecule has 0 saturated heterocycles. The van der Waals surface area contributed by atoms with Gasteiger partial charge >= 0.3 is 5.97 Å². The van der Waals surface area contributed by atoms with E-state index in [0.717, 1.165) is 5.57 Å². The van der Waals surface area contributed by atoms with E-state index in [1.165, 1.54) is 0 Å². The molecule has 0 aromatic rings. The maximum atomic E-state index is 11.0. The first-order chi connectivity index (χ1) is 5.09. The summed E-state index contributed by atoms with van der Waals surface area (Å²) in [5.74, 6) is -0.299. The van der Waals surface area contributed by atoms with Gasteiger partial charge in [-0.2, -0.15) is 5.48 Å². The van der Waals surface area contributed by atoms with Crippen molar-refractivity contribution in [3.8, 4) is 0 Å². The molecule has 0 aliphatic rings. The number of nitrogens with one attached hydrogen (secondary N) is 1. The van der Waals surface area contributed by atoms with E-state index in [-0.39, 0.29) is 18.4 Å². The van der Waals surface area contributed by atoms with Gasteiger partial charge in [0.1, 0.15) is 0 Å². The summed E-state index contributed by atoms with van der Waals surface area (Å²) in [7, 11) is 0. The number of carbonyl (C=O) groups is 1. The minimum absolute atomic E-state index is 0. The molecule has 0 rings (SSSR count). The molecule has 0 aliphatic carbocycles. The van der Waals surface area contributed by atoms with Crippen molar-refractivity contribution in [3.63, 3.8) is 0 Å². The van der Waals surface area contributed by atoms with Crippen molar-refractivity contribution in [2.45, 2.75) is 27.7 Å². The van der Waals surface area contributed by atoms with Crippen molar-refractivity contribution in [1.29, 1.82) is 0 Å². The number of hydroxylamine groups is 1. The summed E-state index contributed by atoms with van der Waals surface area (Å²) < 4.78 is 0. The molecule has 0 unspecified atom stereocenters. The Bertz CT molecular complexity index is 174. The molecule has 0 aromatic heterocycles. The predicted octanol–water partition coefficient (Wildman–Crippen LogP) is 1.83. The lowest BCUT2D eigenvalue weighted by Gasteiger charge is -2.03. The molecule has 0 heterocycles. The monoisotopic (exact) mass is 193 g/mol. The SMILES string of the molecule is CCNOC(=O)C(C)=C(C)C.Cl. The second kappa shape index (κ2) is 7.13. The zero-order valence-corrected chi connectivity index (χ0v) is 8.75. The van der Waals surface area contributed by atoms with Gasteiger partial charge in [0.15, 0.2) is 0 Å². The Hall–Kier alpha value is -0.540. The predicted molar refractivity (Wildman–Crippen MR) is 51.1 cm³/mol. The van der Waals surface area contributed by atoms with Crippen molar-refractivity contribution in [1.82, 2.24) is 5.48 Å². The van der Waals surface area contributed by atoms with Gasteiger partial charge in [-0.05, 0) is 27.7 Å². The summed E-state index contributed by atoms with van der Waals surface area (Å²) in [6.45, 7) is 7.99. The molecule has 0 bridgehead atoms. The van der Waals surface area contributed by atoms with Crippen LogP contribution in [-0.4, -0.2) is 12.5 Å². The minimum Gasteiger partial charge on any atom is -0.367 e. The van der Waals surface area contributed by atoms with Gasteiger partial charge in [0.2, 0.25) is 0 Å². The lowest BCUT2D eigenvalue weighted by molar-refractivity contribution is -0.146. The van der Waals surface area contributed by atoms with Crippen molar-refractivity contribution in [3.05, 3.63) is 11.1 Å². The van der Waals surface area contributed by atoms with Gasteiger partial charge in [-0.3, -0.25) is 0 Å². The Kier molecular flexibility index (Phi) is 8.32. The van der Waals surface area contributed by atoms with Gasteiger partial charge in [0.05, 0.1) is 0 Å². The molecule has 0 atom stereocenters. The molecule has 72 valence electrons. The quantitative estimate of drug-likeness (QED) is 0.549. The van der Waals surface area contributed by atoms with Crippen LogP contribution in [0.3, 0.4) is 0 Å². The van der Waals surface area contributed by atoms with Gasteiger partial charge in [-0.1, -0.05) is 5.57 Å². The molecule has 0 radical (unpaired) electrons. The standard InChI is InChI=1S/C8H15NO2.ClH/c1-5-9-11-8(10)7(4)6(2)3;/h9H,5H2,1-4H3;1H. The van der Waals surface area contributed by atoms with Crippen LogP contribution >= 0.6 is 12.4 Å². The van der Waals surface area contributed by atoms with E-state index in [9.17, 15) is 4.79 Å². The van der Waals surface area contributed by atoms with E-state index in [4.69, 9.17) is 0 Å². The Labute approximate surface area is 79.5 Å². The Morgan fingerprint density at radius 2 is 1.83 bits per heavy atom. The van der Waals surface area contributed by atoms with Gasteiger partial charge < -0.3 is 4.84 Å². The number of rotatable bonds is 3. The Balaban J connectivity index is 0. The molecule has 0 aromatic carbocycles. The van der Waals surface area contributed by atoms with Gasteiger partial charge in [0, 0.05) is 12.1 Å². The van der Waals surface area contributed by atoms with Crippen LogP contribution < -0.4 is 5.48 Å². The first-order valence-corrected chi connectivity index (χ1v) is 3.67. The average Bonchev–Trinajstić information content (AvgIpc) is 1.98. The lowest BCUT2D eigenvalue weighted by atomic mass is 10.2. The third kappa shape index (κ3) is 5.16. The van der Waals surface area contributed by atoms with Crippen molar-refractivity contribution < 1.29 is 9.63 Å². The van der Waals surface area contributed by atoms with Gasteiger partial charge in [-0.15, -0.1) is 12.4 Å². The van der Waals surface area contributed by atoms with Crippen molar-refractivity contribution in [2.75, 3.05) is 6.54 Å². The third-order valence-electron chi connectivity index (χ3n) is 1.37. The topological polar surface area (TPSA) is 38.3 Å². The van der Waals surface area contributed by atoms with Crippen LogP contribution in [0, 0.1) is 0 Å². The van der Waals surface area contributed by atoms with Crippen LogP contribution in [0.15, 0.2) is 11.1 Å². The maximum Gasteiger partial charge on any atom is 0.352 e. The van der Waals surface area contributed by atoms with Crippen LogP contribution in [0.5, 0.6) is 0 Å². The second-order valence-electron chi connectivity index (χ2n) is 2.51. The van der Waals surface area contributed by atoms with Crippen molar-refractivity contribution >= 4 is 18.4 Å². The molecule has 1 N–H and O–H groups in total. The zero-order valence-electron chi connectivity index (χ0n) is 7.93. The Morgan fingerprint density at radius 3 is 2.17 bits per heavy atom. The van der Waals surface area contributed by atoms with Crippen LogP contribution in [0.1, 0.15) is 27.7 Å². The first-order valence-electron chi connectivity index (χ1n) is 3.67. The van der Waals surface area contributed by atoms with E-state index < -0.39 is 0 Å².